The SMILES string of the molecule is Cc1cc(Cl)nc(NC(=O)c2c(O)cccc2F)n1. The van der Waals surface area contributed by atoms with Gasteiger partial charge in [-0.1, -0.05) is 17.7 Å². The van der Waals surface area contributed by atoms with Gasteiger partial charge in [0, 0.05) is 5.69 Å². The number of nitrogens with one attached hydrogen (secondary N) is 1. The van der Waals surface area contributed by atoms with Gasteiger partial charge in [0.1, 0.15) is 22.3 Å². The molecule has 0 fully saturated rings. The van der Waals surface area contributed by atoms with Crippen LogP contribution in [0, 0.1) is 12.7 Å². The van der Waals surface area contributed by atoms with E-state index in [4.69, 9.17) is 11.6 Å². The minimum absolute atomic E-state index is 0.0577. The van der Waals surface area contributed by atoms with Crippen molar-refractivity contribution >= 4 is 23.5 Å². The van der Waals surface area contributed by atoms with E-state index in [-0.39, 0.29) is 11.1 Å². The normalized spacial score (nSPS) is 10.3. The summed E-state index contributed by atoms with van der Waals surface area (Å²) < 4.78 is 13.5. The molecule has 1 amide bonds. The van der Waals surface area contributed by atoms with Crippen molar-refractivity contribution in [2.24, 2.45) is 0 Å². The number of aromatic nitrogens is 2. The number of aryl methyl sites for hydroxylation is 1. The van der Waals surface area contributed by atoms with E-state index in [1.54, 1.807) is 6.92 Å². The van der Waals surface area contributed by atoms with Crippen molar-refractivity contribution in [1.82, 2.24) is 9.97 Å². The van der Waals surface area contributed by atoms with Crippen LogP contribution in [0.2, 0.25) is 5.15 Å². The van der Waals surface area contributed by atoms with Crippen molar-refractivity contribution in [3.63, 3.8) is 0 Å². The number of aromatic hydroxyl groups is 1. The monoisotopic (exact) mass is 281 g/mol. The van der Waals surface area contributed by atoms with Gasteiger partial charge >= 0.3 is 0 Å². The smallest absolute Gasteiger partial charge is 0.264 e. The summed E-state index contributed by atoms with van der Waals surface area (Å²) in [4.78, 5) is 19.5. The zero-order valence-electron chi connectivity index (χ0n) is 9.82. The standard InChI is InChI=1S/C12H9ClFN3O2/c1-6-5-9(13)16-12(15-6)17-11(19)10-7(14)3-2-4-8(10)18/h2-5,18H,1H3,(H,15,16,17,19). The van der Waals surface area contributed by atoms with Crippen molar-refractivity contribution < 1.29 is 14.3 Å². The van der Waals surface area contributed by atoms with Crippen LogP contribution in [0.25, 0.3) is 0 Å². The van der Waals surface area contributed by atoms with Crippen LogP contribution in [0.4, 0.5) is 10.3 Å². The number of hydrogen-bond donors (Lipinski definition) is 2. The molecular weight excluding hydrogens is 273 g/mol. The zero-order valence-corrected chi connectivity index (χ0v) is 10.6. The highest BCUT2D eigenvalue weighted by Crippen LogP contribution is 2.21. The van der Waals surface area contributed by atoms with E-state index in [0.29, 0.717) is 5.69 Å². The van der Waals surface area contributed by atoms with Gasteiger partial charge in [0.15, 0.2) is 0 Å². The fraction of sp³-hybridized carbons (Fsp3) is 0.0833. The number of carbonyl (C=O) groups is 1. The molecular formula is C12H9ClFN3O2. The van der Waals surface area contributed by atoms with Crippen LogP contribution < -0.4 is 5.32 Å². The summed E-state index contributed by atoms with van der Waals surface area (Å²) in [6.07, 6.45) is 0. The molecule has 0 radical (unpaired) electrons. The number of halogens is 2. The Morgan fingerprint density at radius 1 is 1.42 bits per heavy atom. The Bertz CT molecular complexity index is 608. The van der Waals surface area contributed by atoms with Crippen molar-refractivity contribution in [3.05, 3.63) is 46.5 Å². The Hall–Kier alpha value is -2.21. The molecule has 0 spiro atoms. The zero-order chi connectivity index (χ0) is 14.0. The summed E-state index contributed by atoms with van der Waals surface area (Å²) >= 11 is 5.72. The van der Waals surface area contributed by atoms with Crippen LogP contribution in [0.5, 0.6) is 5.75 Å². The number of rotatable bonds is 2. The molecule has 0 bridgehead atoms. The Labute approximate surface area is 113 Å². The van der Waals surface area contributed by atoms with Crippen molar-refractivity contribution in [2.45, 2.75) is 6.92 Å². The maximum absolute atomic E-state index is 13.5. The van der Waals surface area contributed by atoms with E-state index >= 15 is 0 Å². The molecule has 1 heterocycles. The Morgan fingerprint density at radius 3 is 2.79 bits per heavy atom. The molecule has 2 aromatic rings. The highest BCUT2D eigenvalue weighted by Gasteiger charge is 2.17. The van der Waals surface area contributed by atoms with Crippen LogP contribution in [0.3, 0.4) is 0 Å². The van der Waals surface area contributed by atoms with E-state index in [1.165, 1.54) is 18.2 Å². The van der Waals surface area contributed by atoms with Crippen LogP contribution in [-0.4, -0.2) is 21.0 Å². The Morgan fingerprint density at radius 2 is 2.16 bits per heavy atom. The molecule has 5 nitrogen and oxygen atoms in total. The highest BCUT2D eigenvalue weighted by molar-refractivity contribution is 6.29. The molecule has 0 aliphatic carbocycles. The average Bonchev–Trinajstić information content (AvgIpc) is 2.26. The van der Waals surface area contributed by atoms with Crippen molar-refractivity contribution in [3.8, 4) is 5.75 Å². The molecule has 0 saturated carbocycles. The lowest BCUT2D eigenvalue weighted by molar-refractivity contribution is 0.101. The van der Waals surface area contributed by atoms with Gasteiger partial charge in [0.25, 0.3) is 5.91 Å². The molecule has 7 heteroatoms. The number of phenols is 1. The molecule has 0 aliphatic heterocycles. The second-order valence-electron chi connectivity index (χ2n) is 3.74. The number of amides is 1. The number of nitrogens with zero attached hydrogens (tertiary/aromatic N) is 2. The summed E-state index contributed by atoms with van der Waals surface area (Å²) in [6.45, 7) is 1.67. The summed E-state index contributed by atoms with van der Waals surface area (Å²) in [7, 11) is 0. The summed E-state index contributed by atoms with van der Waals surface area (Å²) in [6, 6.07) is 5.08. The molecule has 1 aromatic heterocycles. The predicted molar refractivity (Wildman–Crippen MR) is 67.8 cm³/mol. The summed E-state index contributed by atoms with van der Waals surface area (Å²) in [5, 5.41) is 11.9. The van der Waals surface area contributed by atoms with Gasteiger partial charge < -0.3 is 5.11 Å². The largest absolute Gasteiger partial charge is 0.507 e. The fourth-order valence-corrected chi connectivity index (χ4v) is 1.73. The molecule has 98 valence electrons. The Kier molecular flexibility index (Phi) is 3.62. The lowest BCUT2D eigenvalue weighted by Gasteiger charge is -2.07. The number of phenolic OH excluding ortho intramolecular Hbond substituents is 1. The van der Waals surface area contributed by atoms with Crippen LogP contribution >= 0.6 is 11.6 Å². The van der Waals surface area contributed by atoms with Crippen molar-refractivity contribution in [2.75, 3.05) is 5.32 Å². The number of anilines is 1. The molecule has 1 aromatic carbocycles. The maximum atomic E-state index is 13.5. The topological polar surface area (TPSA) is 75.1 Å². The first-order valence-electron chi connectivity index (χ1n) is 5.27. The number of carbonyl (C=O) groups excluding carboxylic acids is 1. The Balaban J connectivity index is 2.31. The van der Waals surface area contributed by atoms with Gasteiger partial charge in [-0.2, -0.15) is 0 Å². The van der Waals surface area contributed by atoms with Gasteiger partial charge in [-0.15, -0.1) is 0 Å². The van der Waals surface area contributed by atoms with Crippen LogP contribution in [-0.2, 0) is 0 Å². The molecule has 0 unspecified atom stereocenters. The summed E-state index contributed by atoms with van der Waals surface area (Å²) in [5.74, 6) is -2.21. The highest BCUT2D eigenvalue weighted by atomic mass is 35.5. The van der Waals surface area contributed by atoms with Gasteiger partial charge in [-0.3, -0.25) is 10.1 Å². The molecule has 0 saturated heterocycles. The van der Waals surface area contributed by atoms with Crippen LogP contribution in [0.1, 0.15) is 16.1 Å². The second kappa shape index (κ2) is 5.19. The number of hydrogen-bond acceptors (Lipinski definition) is 4. The fourth-order valence-electron chi connectivity index (χ4n) is 1.49. The van der Waals surface area contributed by atoms with E-state index in [1.807, 2.05) is 0 Å². The molecule has 19 heavy (non-hydrogen) atoms. The van der Waals surface area contributed by atoms with E-state index in [9.17, 15) is 14.3 Å². The third-order valence-electron chi connectivity index (χ3n) is 2.27. The minimum atomic E-state index is -0.850. The first-order valence-corrected chi connectivity index (χ1v) is 5.65. The van der Waals surface area contributed by atoms with Gasteiger partial charge in [-0.05, 0) is 25.1 Å². The predicted octanol–water partition coefficient (Wildman–Crippen LogP) is 2.54. The van der Waals surface area contributed by atoms with Gasteiger partial charge in [0.05, 0.1) is 0 Å². The average molecular weight is 282 g/mol. The minimum Gasteiger partial charge on any atom is -0.507 e. The molecule has 2 N–H and O–H groups in total. The van der Waals surface area contributed by atoms with Crippen LogP contribution in [0.15, 0.2) is 24.3 Å². The molecule has 0 aliphatic rings. The number of benzene rings is 1. The van der Waals surface area contributed by atoms with Crippen molar-refractivity contribution in [1.29, 1.82) is 0 Å². The van der Waals surface area contributed by atoms with Gasteiger partial charge in [-0.25, -0.2) is 14.4 Å². The lowest BCUT2D eigenvalue weighted by atomic mass is 10.2. The maximum Gasteiger partial charge on any atom is 0.264 e. The molecule has 2 rings (SSSR count). The lowest BCUT2D eigenvalue weighted by Crippen LogP contribution is -2.16. The van der Waals surface area contributed by atoms with E-state index < -0.39 is 23.0 Å². The third kappa shape index (κ3) is 2.97. The molecule has 0 atom stereocenters. The second-order valence-corrected chi connectivity index (χ2v) is 4.13. The first kappa shape index (κ1) is 13.2. The quantitative estimate of drug-likeness (QED) is 0.830. The summed E-state index contributed by atoms with van der Waals surface area (Å²) in [5.41, 5.74) is 0.0804. The third-order valence-corrected chi connectivity index (χ3v) is 2.46. The van der Waals surface area contributed by atoms with Gasteiger partial charge in [0.2, 0.25) is 5.95 Å². The first-order chi connectivity index (χ1) is 8.97. The van der Waals surface area contributed by atoms with E-state index in [2.05, 4.69) is 15.3 Å². The van der Waals surface area contributed by atoms with E-state index in [0.717, 1.165) is 6.07 Å².